The first kappa shape index (κ1) is 10.5. The van der Waals surface area contributed by atoms with Crippen molar-refractivity contribution in [3.63, 3.8) is 0 Å². The molecule has 0 radical (unpaired) electrons. The van der Waals surface area contributed by atoms with Crippen molar-refractivity contribution in [3.8, 4) is 0 Å². The lowest BCUT2D eigenvalue weighted by Gasteiger charge is -2.22. The fourth-order valence-electron chi connectivity index (χ4n) is 1.59. The van der Waals surface area contributed by atoms with E-state index < -0.39 is 0 Å². The van der Waals surface area contributed by atoms with Gasteiger partial charge in [0.2, 0.25) is 0 Å². The first-order valence-corrected chi connectivity index (χ1v) is 4.85. The van der Waals surface area contributed by atoms with E-state index in [1.165, 1.54) is 0 Å². The molecule has 0 amide bonds. The third kappa shape index (κ3) is 3.35. The van der Waals surface area contributed by atoms with Gasteiger partial charge in [0.25, 0.3) is 0 Å². The van der Waals surface area contributed by atoms with Crippen LogP contribution in [0.1, 0.15) is 40.0 Å². The van der Waals surface area contributed by atoms with Crippen molar-refractivity contribution < 1.29 is 14.3 Å². The molecule has 1 atom stereocenters. The van der Waals surface area contributed by atoms with Crippen LogP contribution >= 0.6 is 0 Å². The standard InChI is InChI=1S/C10H18O3/c1-8(2)13-9(11)7-10(3)5-4-6-12-10/h8H,4-7H2,1-3H3. The Balaban J connectivity index is 2.34. The van der Waals surface area contributed by atoms with E-state index in [1.807, 2.05) is 20.8 Å². The van der Waals surface area contributed by atoms with Crippen LogP contribution in [0.5, 0.6) is 0 Å². The summed E-state index contributed by atoms with van der Waals surface area (Å²) in [5, 5.41) is 0. The summed E-state index contributed by atoms with van der Waals surface area (Å²) in [6.45, 7) is 6.46. The quantitative estimate of drug-likeness (QED) is 0.631. The summed E-state index contributed by atoms with van der Waals surface area (Å²) >= 11 is 0. The van der Waals surface area contributed by atoms with Crippen LogP contribution in [0.4, 0.5) is 0 Å². The van der Waals surface area contributed by atoms with Crippen molar-refractivity contribution >= 4 is 5.97 Å². The topological polar surface area (TPSA) is 35.5 Å². The van der Waals surface area contributed by atoms with Crippen molar-refractivity contribution in [2.75, 3.05) is 6.61 Å². The number of hydrogen-bond donors (Lipinski definition) is 0. The minimum absolute atomic E-state index is 0.0301. The number of carbonyl (C=O) groups excluding carboxylic acids is 1. The molecule has 1 unspecified atom stereocenters. The molecule has 0 aliphatic carbocycles. The van der Waals surface area contributed by atoms with Crippen LogP contribution in [0, 0.1) is 0 Å². The van der Waals surface area contributed by atoms with E-state index in [9.17, 15) is 4.79 Å². The highest BCUT2D eigenvalue weighted by atomic mass is 16.5. The van der Waals surface area contributed by atoms with Crippen molar-refractivity contribution in [1.29, 1.82) is 0 Å². The molecule has 0 bridgehead atoms. The fourth-order valence-corrected chi connectivity index (χ4v) is 1.59. The summed E-state index contributed by atoms with van der Waals surface area (Å²) in [6, 6.07) is 0. The molecule has 76 valence electrons. The summed E-state index contributed by atoms with van der Waals surface area (Å²) in [5.74, 6) is -0.153. The van der Waals surface area contributed by atoms with Gasteiger partial charge in [-0.2, -0.15) is 0 Å². The van der Waals surface area contributed by atoms with Gasteiger partial charge in [-0.05, 0) is 33.6 Å². The first-order valence-electron chi connectivity index (χ1n) is 4.85. The largest absolute Gasteiger partial charge is 0.463 e. The Morgan fingerprint density at radius 2 is 2.31 bits per heavy atom. The molecule has 1 rings (SSSR count). The second kappa shape index (κ2) is 4.09. The Kier molecular flexibility index (Phi) is 3.31. The number of hydrogen-bond acceptors (Lipinski definition) is 3. The molecule has 1 heterocycles. The highest BCUT2D eigenvalue weighted by Gasteiger charge is 2.33. The van der Waals surface area contributed by atoms with Crippen molar-refractivity contribution in [1.82, 2.24) is 0 Å². The summed E-state index contributed by atoms with van der Waals surface area (Å²) in [4.78, 5) is 11.3. The van der Waals surface area contributed by atoms with Crippen LogP contribution in [0.15, 0.2) is 0 Å². The normalized spacial score (nSPS) is 28.0. The number of ether oxygens (including phenoxy) is 2. The molecule has 1 fully saturated rings. The number of esters is 1. The SMILES string of the molecule is CC(C)OC(=O)CC1(C)CCCO1. The number of rotatable bonds is 3. The smallest absolute Gasteiger partial charge is 0.308 e. The molecule has 0 aromatic carbocycles. The molecular weight excluding hydrogens is 168 g/mol. The second-order valence-corrected chi connectivity index (χ2v) is 4.12. The molecule has 1 aliphatic rings. The van der Waals surface area contributed by atoms with E-state index in [1.54, 1.807) is 0 Å². The van der Waals surface area contributed by atoms with E-state index in [0.717, 1.165) is 19.4 Å². The summed E-state index contributed by atoms with van der Waals surface area (Å²) < 4.78 is 10.6. The maximum absolute atomic E-state index is 11.3. The molecule has 0 saturated carbocycles. The highest BCUT2D eigenvalue weighted by molar-refractivity contribution is 5.70. The van der Waals surface area contributed by atoms with Crippen LogP contribution in [-0.4, -0.2) is 24.3 Å². The maximum atomic E-state index is 11.3. The third-order valence-corrected chi connectivity index (χ3v) is 2.19. The zero-order chi connectivity index (χ0) is 9.90. The van der Waals surface area contributed by atoms with Crippen molar-refractivity contribution in [2.45, 2.75) is 51.7 Å². The van der Waals surface area contributed by atoms with Gasteiger partial charge in [-0.15, -0.1) is 0 Å². The van der Waals surface area contributed by atoms with Gasteiger partial charge in [0, 0.05) is 6.61 Å². The predicted molar refractivity (Wildman–Crippen MR) is 49.4 cm³/mol. The average molecular weight is 186 g/mol. The second-order valence-electron chi connectivity index (χ2n) is 4.12. The van der Waals surface area contributed by atoms with Gasteiger partial charge in [0.05, 0.1) is 18.1 Å². The van der Waals surface area contributed by atoms with Gasteiger partial charge in [0.15, 0.2) is 0 Å². The van der Waals surface area contributed by atoms with Crippen LogP contribution in [0.2, 0.25) is 0 Å². The lowest BCUT2D eigenvalue weighted by atomic mass is 9.99. The van der Waals surface area contributed by atoms with Gasteiger partial charge in [-0.1, -0.05) is 0 Å². The predicted octanol–water partition coefficient (Wildman–Crippen LogP) is 1.90. The molecule has 0 aromatic rings. The molecule has 3 nitrogen and oxygen atoms in total. The molecule has 0 N–H and O–H groups in total. The zero-order valence-electron chi connectivity index (χ0n) is 8.63. The van der Waals surface area contributed by atoms with Crippen LogP contribution in [0.3, 0.4) is 0 Å². The molecule has 0 aromatic heterocycles. The summed E-state index contributed by atoms with van der Waals surface area (Å²) in [6.07, 6.45) is 2.36. The van der Waals surface area contributed by atoms with Gasteiger partial charge >= 0.3 is 5.97 Å². The monoisotopic (exact) mass is 186 g/mol. The van der Waals surface area contributed by atoms with E-state index in [4.69, 9.17) is 9.47 Å². The molecule has 13 heavy (non-hydrogen) atoms. The van der Waals surface area contributed by atoms with E-state index >= 15 is 0 Å². The van der Waals surface area contributed by atoms with E-state index in [-0.39, 0.29) is 17.7 Å². The Labute approximate surface area is 79.4 Å². The van der Waals surface area contributed by atoms with Crippen molar-refractivity contribution in [3.05, 3.63) is 0 Å². The van der Waals surface area contributed by atoms with E-state index in [0.29, 0.717) is 6.42 Å². The zero-order valence-corrected chi connectivity index (χ0v) is 8.63. The molecular formula is C10H18O3. The maximum Gasteiger partial charge on any atom is 0.308 e. The summed E-state index contributed by atoms with van der Waals surface area (Å²) in [5.41, 5.74) is -0.272. The fraction of sp³-hybridized carbons (Fsp3) is 0.900. The Morgan fingerprint density at radius 1 is 1.62 bits per heavy atom. The lowest BCUT2D eigenvalue weighted by molar-refractivity contribution is -0.152. The van der Waals surface area contributed by atoms with Crippen molar-refractivity contribution in [2.24, 2.45) is 0 Å². The molecule has 3 heteroatoms. The molecule has 1 saturated heterocycles. The first-order chi connectivity index (χ1) is 6.02. The third-order valence-electron chi connectivity index (χ3n) is 2.19. The van der Waals surface area contributed by atoms with Crippen LogP contribution in [-0.2, 0) is 14.3 Å². The average Bonchev–Trinajstić information content (AvgIpc) is 2.33. The van der Waals surface area contributed by atoms with Crippen LogP contribution in [0.25, 0.3) is 0 Å². The van der Waals surface area contributed by atoms with Gasteiger partial charge in [0.1, 0.15) is 0 Å². The molecule has 0 spiro atoms. The Morgan fingerprint density at radius 3 is 2.77 bits per heavy atom. The Bertz CT molecular complexity index is 181. The highest BCUT2D eigenvalue weighted by Crippen LogP contribution is 2.28. The minimum Gasteiger partial charge on any atom is -0.463 e. The van der Waals surface area contributed by atoms with Crippen LogP contribution < -0.4 is 0 Å². The molecule has 1 aliphatic heterocycles. The van der Waals surface area contributed by atoms with Gasteiger partial charge in [-0.25, -0.2) is 0 Å². The number of carbonyl (C=O) groups is 1. The van der Waals surface area contributed by atoms with Gasteiger partial charge in [-0.3, -0.25) is 4.79 Å². The van der Waals surface area contributed by atoms with E-state index in [2.05, 4.69) is 0 Å². The summed E-state index contributed by atoms with van der Waals surface area (Å²) in [7, 11) is 0. The van der Waals surface area contributed by atoms with Gasteiger partial charge < -0.3 is 9.47 Å². The Hall–Kier alpha value is -0.570. The lowest BCUT2D eigenvalue weighted by Crippen LogP contribution is -2.28. The minimum atomic E-state index is -0.272.